The van der Waals surface area contributed by atoms with Gasteiger partial charge in [-0.25, -0.2) is 0 Å². The van der Waals surface area contributed by atoms with Gasteiger partial charge in [0, 0.05) is 12.5 Å². The molecule has 0 unspecified atom stereocenters. The summed E-state index contributed by atoms with van der Waals surface area (Å²) in [7, 11) is 0. The lowest BCUT2D eigenvalue weighted by atomic mass is 10.0. The van der Waals surface area contributed by atoms with E-state index in [9.17, 15) is 0 Å². The molecule has 2 nitrogen and oxygen atoms in total. The first-order chi connectivity index (χ1) is 8.16. The molecule has 2 rings (SSSR count). The van der Waals surface area contributed by atoms with Gasteiger partial charge in [0.15, 0.2) is 0 Å². The molecular formula is C15H23NO. The maximum Gasteiger partial charge on any atom is 0.123 e. The fourth-order valence-corrected chi connectivity index (χ4v) is 2.31. The summed E-state index contributed by atoms with van der Waals surface area (Å²) < 4.78 is 6.02. The molecule has 1 saturated heterocycles. The van der Waals surface area contributed by atoms with Crippen LogP contribution >= 0.6 is 0 Å². The highest BCUT2D eigenvalue weighted by molar-refractivity contribution is 5.39. The van der Waals surface area contributed by atoms with E-state index in [4.69, 9.17) is 4.74 Å². The number of hydrogen-bond donors (Lipinski definition) is 1. The number of ether oxygens (including phenoxy) is 1. The van der Waals surface area contributed by atoms with Crippen LogP contribution in [0, 0.1) is 12.8 Å². The minimum Gasteiger partial charge on any atom is -0.493 e. The monoisotopic (exact) mass is 233 g/mol. The summed E-state index contributed by atoms with van der Waals surface area (Å²) in [5.74, 6) is 2.27. The first-order valence-corrected chi connectivity index (χ1v) is 6.61. The molecule has 17 heavy (non-hydrogen) atoms. The number of aryl methyl sites for hydroxylation is 1. The van der Waals surface area contributed by atoms with E-state index >= 15 is 0 Å². The minimum absolute atomic E-state index is 0.521. The van der Waals surface area contributed by atoms with Gasteiger partial charge in [-0.15, -0.1) is 0 Å². The first kappa shape index (κ1) is 12.4. The molecule has 2 heteroatoms. The third-order valence-electron chi connectivity index (χ3n) is 3.43. The van der Waals surface area contributed by atoms with Crippen molar-refractivity contribution in [2.75, 3.05) is 19.7 Å². The fraction of sp³-hybridized carbons (Fsp3) is 0.600. The second kappa shape index (κ2) is 5.54. The van der Waals surface area contributed by atoms with Crippen LogP contribution in [-0.2, 0) is 0 Å². The standard InChI is InChI=1S/C15H23NO/c1-11(2)14-5-4-12(3)8-15(14)17-10-13-6-7-16-9-13/h4-5,8,11,13,16H,6-7,9-10H2,1-3H3/t13-/m1/s1. The van der Waals surface area contributed by atoms with Gasteiger partial charge in [0.25, 0.3) is 0 Å². The zero-order valence-electron chi connectivity index (χ0n) is 11.1. The largest absolute Gasteiger partial charge is 0.493 e. The van der Waals surface area contributed by atoms with E-state index in [2.05, 4.69) is 44.3 Å². The normalized spacial score (nSPS) is 19.9. The van der Waals surface area contributed by atoms with Crippen LogP contribution in [0.4, 0.5) is 0 Å². The SMILES string of the molecule is Cc1ccc(C(C)C)c(OC[C@@H]2CCNC2)c1. The Morgan fingerprint density at radius 1 is 1.41 bits per heavy atom. The van der Waals surface area contributed by atoms with Crippen LogP contribution in [0.15, 0.2) is 18.2 Å². The fourth-order valence-electron chi connectivity index (χ4n) is 2.31. The topological polar surface area (TPSA) is 21.3 Å². The molecule has 1 N–H and O–H groups in total. The zero-order chi connectivity index (χ0) is 12.3. The van der Waals surface area contributed by atoms with Crippen molar-refractivity contribution in [1.29, 1.82) is 0 Å². The van der Waals surface area contributed by atoms with E-state index in [1.807, 2.05) is 0 Å². The summed E-state index contributed by atoms with van der Waals surface area (Å²) >= 11 is 0. The zero-order valence-corrected chi connectivity index (χ0v) is 11.1. The van der Waals surface area contributed by atoms with E-state index < -0.39 is 0 Å². The summed E-state index contributed by atoms with van der Waals surface area (Å²) in [6.07, 6.45) is 1.24. The predicted molar refractivity (Wildman–Crippen MR) is 71.7 cm³/mol. The van der Waals surface area contributed by atoms with Crippen LogP contribution in [0.5, 0.6) is 5.75 Å². The molecule has 94 valence electrons. The molecule has 1 aliphatic heterocycles. The Morgan fingerprint density at radius 3 is 2.88 bits per heavy atom. The Hall–Kier alpha value is -1.02. The second-order valence-electron chi connectivity index (χ2n) is 5.37. The Kier molecular flexibility index (Phi) is 4.06. The Morgan fingerprint density at radius 2 is 2.24 bits per heavy atom. The molecule has 1 atom stereocenters. The summed E-state index contributed by atoms with van der Waals surface area (Å²) in [5, 5.41) is 3.38. The molecular weight excluding hydrogens is 210 g/mol. The van der Waals surface area contributed by atoms with Crippen LogP contribution in [0.1, 0.15) is 37.3 Å². The molecule has 1 aliphatic rings. The Balaban J connectivity index is 2.04. The second-order valence-corrected chi connectivity index (χ2v) is 5.37. The van der Waals surface area contributed by atoms with Crippen LogP contribution in [0.3, 0.4) is 0 Å². The van der Waals surface area contributed by atoms with Gasteiger partial charge in [-0.3, -0.25) is 0 Å². The van der Waals surface area contributed by atoms with Gasteiger partial charge in [0.2, 0.25) is 0 Å². The van der Waals surface area contributed by atoms with Gasteiger partial charge in [-0.2, -0.15) is 0 Å². The lowest BCUT2D eigenvalue weighted by Gasteiger charge is -2.17. The number of hydrogen-bond acceptors (Lipinski definition) is 2. The molecule has 0 aliphatic carbocycles. The van der Waals surface area contributed by atoms with E-state index in [0.717, 1.165) is 25.4 Å². The molecule has 1 fully saturated rings. The molecule has 0 saturated carbocycles. The van der Waals surface area contributed by atoms with E-state index in [1.54, 1.807) is 0 Å². The third-order valence-corrected chi connectivity index (χ3v) is 3.43. The van der Waals surface area contributed by atoms with Crippen molar-refractivity contribution in [3.63, 3.8) is 0 Å². The summed E-state index contributed by atoms with van der Waals surface area (Å²) in [5.41, 5.74) is 2.59. The number of benzene rings is 1. The molecule has 1 heterocycles. The van der Waals surface area contributed by atoms with E-state index in [1.165, 1.54) is 17.5 Å². The summed E-state index contributed by atoms with van der Waals surface area (Å²) in [6, 6.07) is 6.53. The van der Waals surface area contributed by atoms with Gasteiger partial charge >= 0.3 is 0 Å². The summed E-state index contributed by atoms with van der Waals surface area (Å²) in [4.78, 5) is 0. The molecule has 0 aromatic heterocycles. The smallest absolute Gasteiger partial charge is 0.123 e. The Bertz CT molecular complexity index is 367. The van der Waals surface area contributed by atoms with Crippen LogP contribution in [0.2, 0.25) is 0 Å². The van der Waals surface area contributed by atoms with Gasteiger partial charge in [0.05, 0.1) is 6.61 Å². The lowest BCUT2D eigenvalue weighted by Crippen LogP contribution is -2.16. The number of rotatable bonds is 4. The molecule has 1 aromatic carbocycles. The Labute approximate surface area is 104 Å². The average Bonchev–Trinajstić information content (AvgIpc) is 2.78. The highest BCUT2D eigenvalue weighted by atomic mass is 16.5. The van der Waals surface area contributed by atoms with Crippen LogP contribution < -0.4 is 10.1 Å². The van der Waals surface area contributed by atoms with Crippen molar-refractivity contribution in [3.05, 3.63) is 29.3 Å². The minimum atomic E-state index is 0.521. The van der Waals surface area contributed by atoms with Crippen molar-refractivity contribution in [2.24, 2.45) is 5.92 Å². The highest BCUT2D eigenvalue weighted by Crippen LogP contribution is 2.28. The highest BCUT2D eigenvalue weighted by Gasteiger charge is 2.16. The molecule has 0 spiro atoms. The van der Waals surface area contributed by atoms with Crippen molar-refractivity contribution in [1.82, 2.24) is 5.32 Å². The molecule has 0 radical (unpaired) electrons. The van der Waals surface area contributed by atoms with Gasteiger partial charge in [0.1, 0.15) is 5.75 Å². The molecule has 1 aromatic rings. The molecule has 0 bridgehead atoms. The lowest BCUT2D eigenvalue weighted by molar-refractivity contribution is 0.257. The maximum atomic E-state index is 6.02. The van der Waals surface area contributed by atoms with E-state index in [0.29, 0.717) is 11.8 Å². The quantitative estimate of drug-likeness (QED) is 0.863. The molecule has 0 amide bonds. The first-order valence-electron chi connectivity index (χ1n) is 6.61. The van der Waals surface area contributed by atoms with Crippen LogP contribution in [0.25, 0.3) is 0 Å². The van der Waals surface area contributed by atoms with Crippen LogP contribution in [-0.4, -0.2) is 19.7 Å². The average molecular weight is 233 g/mol. The van der Waals surface area contributed by atoms with Gasteiger partial charge < -0.3 is 10.1 Å². The maximum absolute atomic E-state index is 6.02. The van der Waals surface area contributed by atoms with Gasteiger partial charge in [-0.05, 0) is 43.0 Å². The van der Waals surface area contributed by atoms with Crippen molar-refractivity contribution >= 4 is 0 Å². The van der Waals surface area contributed by atoms with Crippen molar-refractivity contribution < 1.29 is 4.74 Å². The third kappa shape index (κ3) is 3.22. The predicted octanol–water partition coefficient (Wildman–Crippen LogP) is 3.11. The van der Waals surface area contributed by atoms with E-state index in [-0.39, 0.29) is 0 Å². The van der Waals surface area contributed by atoms with Crippen molar-refractivity contribution in [3.8, 4) is 5.75 Å². The summed E-state index contributed by atoms with van der Waals surface area (Å²) in [6.45, 7) is 9.63. The number of nitrogens with one attached hydrogen (secondary N) is 1. The van der Waals surface area contributed by atoms with Crippen molar-refractivity contribution in [2.45, 2.75) is 33.1 Å². The van der Waals surface area contributed by atoms with Gasteiger partial charge in [-0.1, -0.05) is 26.0 Å².